The van der Waals surface area contributed by atoms with Crippen LogP contribution in [-0.2, 0) is 16.6 Å². The Kier molecular flexibility index (Phi) is 6.74. The summed E-state index contributed by atoms with van der Waals surface area (Å²) in [5.41, 5.74) is 1.50. The van der Waals surface area contributed by atoms with Crippen LogP contribution < -0.4 is 20.1 Å². The number of benzene rings is 2. The van der Waals surface area contributed by atoms with Gasteiger partial charge in [0, 0.05) is 29.1 Å². The molecule has 178 valence electrons. The van der Waals surface area contributed by atoms with Crippen molar-refractivity contribution in [2.24, 2.45) is 0 Å². The Bertz CT molecular complexity index is 1170. The average molecular weight is 500 g/mol. The van der Waals surface area contributed by atoms with Crippen molar-refractivity contribution in [1.82, 2.24) is 10.3 Å². The first-order valence-electron chi connectivity index (χ1n) is 11.3. The van der Waals surface area contributed by atoms with Gasteiger partial charge in [-0.05, 0) is 55.1 Å². The highest BCUT2D eigenvalue weighted by Gasteiger charge is 2.52. The number of aromatic nitrogens is 1. The van der Waals surface area contributed by atoms with E-state index in [1.807, 2.05) is 42.5 Å². The first-order valence-corrected chi connectivity index (χ1v) is 12.5. The zero-order chi connectivity index (χ0) is 23.5. The fraction of sp³-hybridized carbons (Fsp3) is 0.360. The van der Waals surface area contributed by atoms with Gasteiger partial charge in [-0.15, -0.1) is 11.3 Å². The van der Waals surface area contributed by atoms with Crippen molar-refractivity contribution in [2.75, 3.05) is 25.2 Å². The third-order valence-corrected chi connectivity index (χ3v) is 7.52. The maximum absolute atomic E-state index is 13.0. The van der Waals surface area contributed by atoms with E-state index in [2.05, 4.69) is 15.6 Å². The van der Waals surface area contributed by atoms with Crippen LogP contribution in [0, 0.1) is 0 Å². The molecule has 3 aromatic rings. The molecule has 9 heteroatoms. The third kappa shape index (κ3) is 5.05. The molecule has 2 aliphatic heterocycles. The summed E-state index contributed by atoms with van der Waals surface area (Å²) in [6, 6.07) is 13.5. The quantitative estimate of drug-likeness (QED) is 0.489. The minimum Gasteiger partial charge on any atom is -0.454 e. The summed E-state index contributed by atoms with van der Waals surface area (Å²) >= 11 is 7.71. The topological polar surface area (TPSA) is 92.7 Å². The molecule has 1 atom stereocenters. The number of anilines is 1. The molecule has 0 bridgehead atoms. The number of carbonyl (C=O) groups is 1. The van der Waals surface area contributed by atoms with Crippen LogP contribution in [0.4, 0.5) is 5.13 Å². The molecule has 1 aliphatic carbocycles. The third-order valence-electron chi connectivity index (χ3n) is 6.24. The van der Waals surface area contributed by atoms with E-state index in [-0.39, 0.29) is 18.8 Å². The van der Waals surface area contributed by atoms with Gasteiger partial charge < -0.3 is 25.2 Å². The van der Waals surface area contributed by atoms with Crippen molar-refractivity contribution in [1.29, 1.82) is 0 Å². The van der Waals surface area contributed by atoms with E-state index in [9.17, 15) is 4.79 Å². The van der Waals surface area contributed by atoms with Gasteiger partial charge in [0.15, 0.2) is 16.6 Å². The van der Waals surface area contributed by atoms with Gasteiger partial charge in [-0.25, -0.2) is 4.98 Å². The van der Waals surface area contributed by atoms with E-state index < -0.39 is 5.41 Å². The zero-order valence-electron chi connectivity index (χ0n) is 18.6. The fourth-order valence-corrected chi connectivity index (χ4v) is 5.13. The number of thiazole rings is 1. The van der Waals surface area contributed by atoms with Crippen LogP contribution in [0.3, 0.4) is 0 Å². The lowest BCUT2D eigenvalue weighted by molar-refractivity contribution is -0.118. The van der Waals surface area contributed by atoms with Crippen molar-refractivity contribution in [3.63, 3.8) is 0 Å². The van der Waals surface area contributed by atoms with Crippen molar-refractivity contribution >= 4 is 34.0 Å². The number of amides is 1. The van der Waals surface area contributed by atoms with Gasteiger partial charge in [0.2, 0.25) is 12.7 Å². The average Bonchev–Trinajstić information content (AvgIpc) is 3.15. The van der Waals surface area contributed by atoms with Crippen molar-refractivity contribution < 1.29 is 19.4 Å². The van der Waals surface area contributed by atoms with Crippen LogP contribution in [0.25, 0.3) is 0 Å². The number of hydrogen-bond acceptors (Lipinski definition) is 7. The van der Waals surface area contributed by atoms with E-state index in [1.165, 1.54) is 11.3 Å². The smallest absolute Gasteiger partial charge is 0.236 e. The molecule has 0 spiro atoms. The molecular weight excluding hydrogens is 474 g/mol. The van der Waals surface area contributed by atoms with Crippen LogP contribution in [0.15, 0.2) is 48.7 Å². The van der Waals surface area contributed by atoms with Gasteiger partial charge in [0.05, 0.1) is 11.5 Å². The Hall–Kier alpha value is -2.65. The molecule has 0 radical (unpaired) electrons. The zero-order valence-corrected chi connectivity index (χ0v) is 20.1. The first-order chi connectivity index (χ1) is 16.5. The molecule has 34 heavy (non-hydrogen) atoms. The second-order valence-corrected chi connectivity index (χ2v) is 10.2. The molecule has 1 saturated heterocycles. The minimum atomic E-state index is -0.504. The predicted octanol–water partition coefficient (Wildman–Crippen LogP) is 4.13. The van der Waals surface area contributed by atoms with Crippen molar-refractivity contribution in [3.05, 3.63) is 69.7 Å². The predicted molar refractivity (Wildman–Crippen MR) is 132 cm³/mol. The van der Waals surface area contributed by atoms with Crippen molar-refractivity contribution in [2.45, 2.75) is 37.2 Å². The number of rotatable bonds is 5. The number of nitrogens with zero attached hydrogens (tertiary/aromatic N) is 1. The lowest BCUT2D eigenvalue weighted by Crippen LogP contribution is -2.27. The van der Waals surface area contributed by atoms with Crippen LogP contribution in [0.1, 0.15) is 35.3 Å². The van der Waals surface area contributed by atoms with E-state index >= 15 is 0 Å². The maximum Gasteiger partial charge on any atom is 0.236 e. The van der Waals surface area contributed by atoms with Gasteiger partial charge in [-0.1, -0.05) is 35.9 Å². The van der Waals surface area contributed by atoms with Gasteiger partial charge in [0.1, 0.15) is 0 Å². The van der Waals surface area contributed by atoms with Gasteiger partial charge in [-0.2, -0.15) is 0 Å². The Labute approximate surface area is 207 Å². The number of hydrogen-bond donors (Lipinski definition) is 3. The summed E-state index contributed by atoms with van der Waals surface area (Å²) in [5.74, 6) is 1.40. The molecule has 1 unspecified atom stereocenters. The molecule has 2 aromatic carbocycles. The lowest BCUT2D eigenvalue weighted by Gasteiger charge is -2.15. The molecule has 2 fully saturated rings. The largest absolute Gasteiger partial charge is 0.454 e. The van der Waals surface area contributed by atoms with Crippen LogP contribution in [-0.4, -0.2) is 42.0 Å². The fourth-order valence-electron chi connectivity index (χ4n) is 4.10. The standard InChI is InChI=1S/C21H17ClN2O3S.C4H9NO/c22-16-4-2-1-3-13(16)9-15-11-23-20(28-15)24-19(25)21(7-8-21)14-5-6-17-18(10-14)27-12-26-17;6-4-1-2-5-3-4/h1-6,10-11H,7-9,12H2,(H,23,24,25);4-6H,1-3H2. The number of halogens is 1. The Morgan fingerprint density at radius 1 is 1.24 bits per heavy atom. The van der Waals surface area contributed by atoms with Gasteiger partial charge in [0.25, 0.3) is 0 Å². The Morgan fingerprint density at radius 3 is 2.76 bits per heavy atom. The van der Waals surface area contributed by atoms with Crippen LogP contribution in [0.2, 0.25) is 5.02 Å². The van der Waals surface area contributed by atoms with E-state index in [1.54, 1.807) is 6.20 Å². The molecular formula is C25H26ClN3O4S. The highest BCUT2D eigenvalue weighted by atomic mass is 35.5. The summed E-state index contributed by atoms with van der Waals surface area (Å²) in [7, 11) is 0. The first kappa shape index (κ1) is 23.1. The molecule has 3 N–H and O–H groups in total. The highest BCUT2D eigenvalue weighted by Crippen LogP contribution is 2.51. The molecule has 6 rings (SSSR count). The summed E-state index contributed by atoms with van der Waals surface area (Å²) < 4.78 is 10.8. The number of β-amino-alcohol motifs (C(OH)–C–C–N with tert-alkyl or cyclic N) is 1. The number of carbonyl (C=O) groups excluding carboxylic acids is 1. The summed E-state index contributed by atoms with van der Waals surface area (Å²) in [4.78, 5) is 18.4. The summed E-state index contributed by atoms with van der Waals surface area (Å²) in [6.45, 7) is 2.01. The van der Waals surface area contributed by atoms with E-state index in [0.29, 0.717) is 17.3 Å². The monoisotopic (exact) mass is 499 g/mol. The normalized spacial score (nSPS) is 19.3. The Morgan fingerprint density at radius 2 is 2.06 bits per heavy atom. The maximum atomic E-state index is 13.0. The van der Waals surface area contributed by atoms with E-state index in [4.69, 9.17) is 26.2 Å². The number of aliphatic hydroxyl groups is 1. The minimum absolute atomic E-state index is 0.0231. The number of aliphatic hydroxyl groups excluding tert-OH is 1. The van der Waals surface area contributed by atoms with Gasteiger partial charge >= 0.3 is 0 Å². The molecule has 1 aromatic heterocycles. The number of ether oxygens (including phenoxy) is 2. The van der Waals surface area contributed by atoms with Crippen LogP contribution >= 0.6 is 22.9 Å². The van der Waals surface area contributed by atoms with E-state index in [0.717, 1.165) is 59.1 Å². The second kappa shape index (κ2) is 9.92. The highest BCUT2D eigenvalue weighted by molar-refractivity contribution is 7.15. The molecule has 7 nitrogen and oxygen atoms in total. The Balaban J connectivity index is 0.000000351. The molecule has 3 heterocycles. The SMILES string of the molecule is O=C(Nc1ncc(Cc2ccccc2Cl)s1)C1(c2ccc3c(c2)OCO3)CC1.OC1CCNC1. The lowest BCUT2D eigenvalue weighted by atomic mass is 9.94. The van der Waals surface area contributed by atoms with Crippen molar-refractivity contribution in [3.8, 4) is 11.5 Å². The number of nitrogens with one attached hydrogen (secondary N) is 2. The number of fused-ring (bicyclic) bond motifs is 1. The summed E-state index contributed by atoms with van der Waals surface area (Å²) in [5, 5.41) is 16.0. The van der Waals surface area contributed by atoms with Crippen LogP contribution in [0.5, 0.6) is 11.5 Å². The molecule has 1 saturated carbocycles. The van der Waals surface area contributed by atoms with Gasteiger partial charge in [-0.3, -0.25) is 4.79 Å². The summed E-state index contributed by atoms with van der Waals surface area (Å²) in [6.07, 6.45) is 4.99. The molecule has 3 aliphatic rings. The molecule has 1 amide bonds. The second-order valence-electron chi connectivity index (χ2n) is 8.65.